The highest BCUT2D eigenvalue weighted by atomic mass is 35.5. The van der Waals surface area contributed by atoms with Gasteiger partial charge in [0.15, 0.2) is 23.4 Å². The van der Waals surface area contributed by atoms with Gasteiger partial charge in [0.1, 0.15) is 6.54 Å². The predicted molar refractivity (Wildman–Crippen MR) is 114 cm³/mol. The number of hydrogen-bond donors (Lipinski definition) is 2. The lowest BCUT2D eigenvalue weighted by Gasteiger charge is -2.09. The number of nitrogens with one attached hydrogen (secondary N) is 1. The summed E-state index contributed by atoms with van der Waals surface area (Å²) < 4.78 is 67.8. The van der Waals surface area contributed by atoms with Crippen LogP contribution in [0.15, 0.2) is 43.0 Å². The molecule has 0 spiro atoms. The average Bonchev–Trinajstić information content (AvgIpc) is 3.38. The van der Waals surface area contributed by atoms with Gasteiger partial charge in [-0.1, -0.05) is 11.6 Å². The summed E-state index contributed by atoms with van der Waals surface area (Å²) in [5.41, 5.74) is -0.789. The molecule has 9 nitrogen and oxygen atoms in total. The Morgan fingerprint density at radius 2 is 1.91 bits per heavy atom. The quantitative estimate of drug-likeness (QED) is 0.280. The lowest BCUT2D eigenvalue weighted by atomic mass is 10.2. The number of rotatable bonds is 6. The highest BCUT2D eigenvalue weighted by Gasteiger charge is 2.38. The molecule has 0 amide bonds. The van der Waals surface area contributed by atoms with Crippen LogP contribution in [0.25, 0.3) is 16.9 Å². The Bertz CT molecular complexity index is 1360. The molecule has 4 aromatic rings. The summed E-state index contributed by atoms with van der Waals surface area (Å²) in [6.07, 6.45) is -2.35. The number of hydrogen-bond acceptors (Lipinski definition) is 6. The Kier molecular flexibility index (Phi) is 7.64. The molecule has 184 valence electrons. The molecule has 0 aliphatic carbocycles. The van der Waals surface area contributed by atoms with Gasteiger partial charge in [-0.2, -0.15) is 18.3 Å². The highest BCUT2D eigenvalue weighted by molar-refractivity contribution is 6.33. The van der Waals surface area contributed by atoms with E-state index in [4.69, 9.17) is 21.5 Å². The molecule has 0 fully saturated rings. The number of fused-ring (bicyclic) bond motifs is 1. The number of halogens is 6. The van der Waals surface area contributed by atoms with Crippen LogP contribution in [0.4, 0.5) is 33.5 Å². The SMILES string of the molecule is O=CO.O=Cc1ccc(Nc2nccn3c(-c4cn(CC(F)F)nc4C(F)(F)F)cnc23)cc1Cl. The van der Waals surface area contributed by atoms with E-state index in [0.717, 1.165) is 6.20 Å². The summed E-state index contributed by atoms with van der Waals surface area (Å²) in [4.78, 5) is 27.6. The van der Waals surface area contributed by atoms with Crippen molar-refractivity contribution >= 4 is 41.5 Å². The summed E-state index contributed by atoms with van der Waals surface area (Å²) in [6, 6.07) is 4.54. The third-order valence-corrected chi connectivity index (χ3v) is 4.78. The van der Waals surface area contributed by atoms with E-state index < -0.39 is 30.4 Å². The van der Waals surface area contributed by atoms with E-state index in [0.29, 0.717) is 16.7 Å². The Hall–Kier alpha value is -4.07. The van der Waals surface area contributed by atoms with Gasteiger partial charge >= 0.3 is 6.18 Å². The van der Waals surface area contributed by atoms with Crippen molar-refractivity contribution in [2.75, 3.05) is 5.32 Å². The molecule has 0 radical (unpaired) electrons. The number of carbonyl (C=O) groups is 2. The van der Waals surface area contributed by atoms with Crippen LogP contribution in [0, 0.1) is 0 Å². The number of carbonyl (C=O) groups excluding carboxylic acids is 1. The minimum atomic E-state index is -4.86. The largest absolute Gasteiger partial charge is 0.483 e. The lowest BCUT2D eigenvalue weighted by molar-refractivity contribution is -0.141. The number of alkyl halides is 5. The van der Waals surface area contributed by atoms with E-state index in [2.05, 4.69) is 20.4 Å². The summed E-state index contributed by atoms with van der Waals surface area (Å²) in [7, 11) is 0. The molecule has 35 heavy (non-hydrogen) atoms. The molecule has 0 saturated heterocycles. The molecule has 0 unspecified atom stereocenters. The van der Waals surface area contributed by atoms with Gasteiger partial charge in [-0.15, -0.1) is 0 Å². The number of benzene rings is 1. The van der Waals surface area contributed by atoms with Crippen LogP contribution in [0.2, 0.25) is 5.02 Å². The molecule has 0 bridgehead atoms. The minimum absolute atomic E-state index is 0.00683. The van der Waals surface area contributed by atoms with E-state index in [-0.39, 0.29) is 34.2 Å². The van der Waals surface area contributed by atoms with Gasteiger partial charge in [-0.05, 0) is 18.2 Å². The molecular weight excluding hydrogens is 503 g/mol. The molecule has 2 N–H and O–H groups in total. The van der Waals surface area contributed by atoms with Gasteiger partial charge in [0.2, 0.25) is 0 Å². The zero-order valence-corrected chi connectivity index (χ0v) is 18.0. The number of anilines is 2. The molecule has 15 heteroatoms. The van der Waals surface area contributed by atoms with Crippen LogP contribution in [0.1, 0.15) is 16.1 Å². The second-order valence-electron chi connectivity index (χ2n) is 6.70. The normalized spacial score (nSPS) is 11.3. The van der Waals surface area contributed by atoms with E-state index in [1.54, 1.807) is 6.07 Å². The summed E-state index contributed by atoms with van der Waals surface area (Å²) in [6.45, 7) is -1.23. The van der Waals surface area contributed by atoms with E-state index in [1.807, 2.05) is 0 Å². The number of aldehydes is 1. The van der Waals surface area contributed by atoms with Gasteiger partial charge in [-0.3, -0.25) is 18.7 Å². The van der Waals surface area contributed by atoms with Crippen molar-refractivity contribution in [1.29, 1.82) is 0 Å². The maximum absolute atomic E-state index is 13.5. The second-order valence-corrected chi connectivity index (χ2v) is 7.11. The van der Waals surface area contributed by atoms with E-state index in [9.17, 15) is 26.7 Å². The van der Waals surface area contributed by atoms with Crippen LogP contribution >= 0.6 is 11.6 Å². The Morgan fingerprint density at radius 3 is 2.51 bits per heavy atom. The number of nitrogens with zero attached hydrogens (tertiary/aromatic N) is 5. The van der Waals surface area contributed by atoms with Crippen molar-refractivity contribution in [2.45, 2.75) is 19.1 Å². The maximum Gasteiger partial charge on any atom is 0.435 e. The lowest BCUT2D eigenvalue weighted by Crippen LogP contribution is -2.11. The summed E-state index contributed by atoms with van der Waals surface area (Å²) in [5.74, 6) is 0.196. The van der Waals surface area contributed by atoms with Crippen molar-refractivity contribution in [3.63, 3.8) is 0 Å². The van der Waals surface area contributed by atoms with Crippen LogP contribution in [0.3, 0.4) is 0 Å². The fraction of sp³-hybridized carbons (Fsp3) is 0.150. The van der Waals surface area contributed by atoms with Gasteiger partial charge in [0.05, 0.1) is 22.5 Å². The molecule has 1 aromatic carbocycles. The third kappa shape index (κ3) is 5.71. The number of aromatic nitrogens is 5. The van der Waals surface area contributed by atoms with Gasteiger partial charge in [0, 0.05) is 29.8 Å². The van der Waals surface area contributed by atoms with Crippen molar-refractivity contribution in [3.8, 4) is 11.3 Å². The molecule has 0 aliphatic rings. The second kappa shape index (κ2) is 10.5. The first-order valence-electron chi connectivity index (χ1n) is 9.43. The van der Waals surface area contributed by atoms with Crippen molar-refractivity contribution < 1.29 is 36.6 Å². The van der Waals surface area contributed by atoms with E-state index >= 15 is 0 Å². The fourth-order valence-corrected chi connectivity index (χ4v) is 3.32. The van der Waals surface area contributed by atoms with Crippen molar-refractivity contribution in [1.82, 2.24) is 24.1 Å². The van der Waals surface area contributed by atoms with Crippen LogP contribution in [-0.2, 0) is 17.5 Å². The van der Waals surface area contributed by atoms with Gasteiger partial charge in [-0.25, -0.2) is 18.7 Å². The van der Waals surface area contributed by atoms with Gasteiger partial charge in [0.25, 0.3) is 12.9 Å². The molecule has 4 rings (SSSR count). The molecule has 0 atom stereocenters. The van der Waals surface area contributed by atoms with Crippen molar-refractivity contribution in [3.05, 3.63) is 59.3 Å². The van der Waals surface area contributed by atoms with Crippen molar-refractivity contribution in [2.24, 2.45) is 0 Å². The minimum Gasteiger partial charge on any atom is -0.483 e. The van der Waals surface area contributed by atoms with E-state index in [1.165, 1.54) is 35.1 Å². The Labute approximate surface area is 197 Å². The molecule has 3 aromatic heterocycles. The fourth-order valence-electron chi connectivity index (χ4n) is 3.10. The highest BCUT2D eigenvalue weighted by Crippen LogP contribution is 2.37. The molecule has 0 saturated carbocycles. The summed E-state index contributed by atoms with van der Waals surface area (Å²) in [5, 5.41) is 13.3. The molecule has 3 heterocycles. The number of carboxylic acid groups (broad SMARTS) is 1. The van der Waals surface area contributed by atoms with Gasteiger partial charge < -0.3 is 10.4 Å². The Morgan fingerprint density at radius 1 is 1.20 bits per heavy atom. The first-order chi connectivity index (χ1) is 16.6. The topological polar surface area (TPSA) is 114 Å². The zero-order chi connectivity index (χ0) is 25.8. The maximum atomic E-state index is 13.5. The zero-order valence-electron chi connectivity index (χ0n) is 17.2. The number of imidazole rings is 1. The van der Waals surface area contributed by atoms with Crippen LogP contribution in [0.5, 0.6) is 0 Å². The van der Waals surface area contributed by atoms with Crippen LogP contribution in [-0.4, -0.2) is 48.4 Å². The molecule has 0 aliphatic heterocycles. The Balaban J connectivity index is 0.00000108. The molecular formula is C20H14ClF5N6O3. The first-order valence-corrected chi connectivity index (χ1v) is 9.81. The van der Waals surface area contributed by atoms with Crippen LogP contribution < -0.4 is 5.32 Å². The third-order valence-electron chi connectivity index (χ3n) is 4.45. The predicted octanol–water partition coefficient (Wildman–Crippen LogP) is 4.79. The first kappa shape index (κ1) is 25.6. The standard InChI is InChI=1S/C19H12ClF5N6O.CH2O2/c20-13-5-11(2-1-10(13)9-32)28-17-18-27-6-14(31(18)4-3-26-17)12-7-30(8-15(21)22)29-16(12)19(23,24)25;2-1-3/h1-7,9,15H,8H2,(H,26,28);1H,(H,2,3). The smallest absolute Gasteiger partial charge is 0.435 e. The average molecular weight is 517 g/mol. The monoisotopic (exact) mass is 516 g/mol. The summed E-state index contributed by atoms with van der Waals surface area (Å²) >= 11 is 6.01.